The van der Waals surface area contributed by atoms with Crippen molar-refractivity contribution in [2.24, 2.45) is 0 Å². The van der Waals surface area contributed by atoms with Gasteiger partial charge in [0.05, 0.1) is 16.6 Å². The third kappa shape index (κ3) is 3.54. The molecule has 0 aliphatic rings. The van der Waals surface area contributed by atoms with E-state index in [1.807, 2.05) is 24.4 Å². The van der Waals surface area contributed by atoms with Gasteiger partial charge in [-0.05, 0) is 43.8 Å². The summed E-state index contributed by atoms with van der Waals surface area (Å²) < 4.78 is 0. The fourth-order valence-electron chi connectivity index (χ4n) is 3.31. The molecule has 0 radical (unpaired) electrons. The van der Waals surface area contributed by atoms with Crippen molar-refractivity contribution in [2.75, 3.05) is 13.6 Å². The predicted molar refractivity (Wildman–Crippen MR) is 102 cm³/mol. The fraction of sp³-hybridized carbons (Fsp3) is 0.238. The average Bonchev–Trinajstić information content (AvgIpc) is 3.05. The van der Waals surface area contributed by atoms with Gasteiger partial charge in [0.15, 0.2) is 0 Å². The molecule has 0 saturated carbocycles. The summed E-state index contributed by atoms with van der Waals surface area (Å²) in [5.74, 6) is 1.07. The zero-order chi connectivity index (χ0) is 17.1. The lowest BCUT2D eigenvalue weighted by molar-refractivity contribution is 0.322. The van der Waals surface area contributed by atoms with Crippen molar-refractivity contribution in [2.45, 2.75) is 19.4 Å². The maximum atomic E-state index is 4.65. The van der Waals surface area contributed by atoms with E-state index in [1.54, 1.807) is 0 Å². The first kappa shape index (κ1) is 15.8. The van der Waals surface area contributed by atoms with Gasteiger partial charge in [-0.15, -0.1) is 0 Å². The SMILES string of the molecule is CN(CCCc1nc2ccccc2[nH]1)Cc1cccc2cccnc12. The molecule has 2 aromatic carbocycles. The largest absolute Gasteiger partial charge is 0.342 e. The number of hydrogen-bond donors (Lipinski definition) is 1. The van der Waals surface area contributed by atoms with Gasteiger partial charge in [-0.25, -0.2) is 4.98 Å². The maximum Gasteiger partial charge on any atom is 0.107 e. The van der Waals surface area contributed by atoms with Crippen LogP contribution in [0.1, 0.15) is 17.8 Å². The van der Waals surface area contributed by atoms with Crippen LogP contribution in [0.25, 0.3) is 21.9 Å². The van der Waals surface area contributed by atoms with E-state index in [1.165, 1.54) is 10.9 Å². The molecule has 0 fully saturated rings. The van der Waals surface area contributed by atoms with E-state index >= 15 is 0 Å². The number of aryl methyl sites for hydroxylation is 1. The van der Waals surface area contributed by atoms with Crippen LogP contribution >= 0.6 is 0 Å². The molecule has 4 nitrogen and oxygen atoms in total. The summed E-state index contributed by atoms with van der Waals surface area (Å²) in [7, 11) is 2.17. The molecule has 1 N–H and O–H groups in total. The molecule has 0 saturated heterocycles. The van der Waals surface area contributed by atoms with Crippen molar-refractivity contribution in [3.8, 4) is 0 Å². The molecule has 0 aliphatic heterocycles. The summed E-state index contributed by atoms with van der Waals surface area (Å²) in [4.78, 5) is 15.0. The van der Waals surface area contributed by atoms with Gasteiger partial charge in [-0.2, -0.15) is 0 Å². The van der Waals surface area contributed by atoms with Gasteiger partial charge in [0, 0.05) is 24.5 Å². The molecule has 4 rings (SSSR count). The summed E-state index contributed by atoms with van der Waals surface area (Å²) in [5.41, 5.74) is 4.55. The Hall–Kier alpha value is -2.72. The number of aromatic nitrogens is 3. The van der Waals surface area contributed by atoms with E-state index in [0.29, 0.717) is 0 Å². The van der Waals surface area contributed by atoms with E-state index in [-0.39, 0.29) is 0 Å². The highest BCUT2D eigenvalue weighted by molar-refractivity contribution is 5.81. The topological polar surface area (TPSA) is 44.8 Å². The molecular weight excluding hydrogens is 308 g/mol. The number of nitrogens with one attached hydrogen (secondary N) is 1. The number of imidazole rings is 1. The lowest BCUT2D eigenvalue weighted by Gasteiger charge is -2.17. The first-order valence-electron chi connectivity index (χ1n) is 8.74. The highest BCUT2D eigenvalue weighted by Gasteiger charge is 2.07. The first-order valence-corrected chi connectivity index (χ1v) is 8.74. The molecule has 0 aliphatic carbocycles. The standard InChI is InChI=1S/C21H22N4/c1-25(15-17-8-4-7-16-9-5-13-22-21(16)17)14-6-12-20-23-18-10-2-3-11-19(18)24-20/h2-5,7-11,13H,6,12,14-15H2,1H3,(H,23,24). The second-order valence-electron chi connectivity index (χ2n) is 6.53. The number of fused-ring (bicyclic) bond motifs is 2. The van der Waals surface area contributed by atoms with Crippen LogP contribution in [0.3, 0.4) is 0 Å². The molecule has 4 heteroatoms. The van der Waals surface area contributed by atoms with Crippen LogP contribution in [0.15, 0.2) is 60.8 Å². The molecule has 0 spiro atoms. The normalized spacial score (nSPS) is 11.6. The Labute approximate surface area is 147 Å². The minimum atomic E-state index is 0.911. The molecular formula is C21H22N4. The Kier molecular flexibility index (Phi) is 4.44. The summed E-state index contributed by atoms with van der Waals surface area (Å²) in [6, 6.07) is 18.7. The molecule has 2 heterocycles. The number of para-hydroxylation sites is 3. The third-order valence-corrected chi connectivity index (χ3v) is 4.55. The number of hydrogen-bond acceptors (Lipinski definition) is 3. The number of rotatable bonds is 6. The minimum Gasteiger partial charge on any atom is -0.342 e. The van der Waals surface area contributed by atoms with Crippen molar-refractivity contribution < 1.29 is 0 Å². The van der Waals surface area contributed by atoms with Gasteiger partial charge in [-0.3, -0.25) is 4.98 Å². The van der Waals surface area contributed by atoms with Gasteiger partial charge >= 0.3 is 0 Å². The first-order chi connectivity index (χ1) is 12.3. The number of H-pyrrole nitrogens is 1. The van der Waals surface area contributed by atoms with E-state index in [4.69, 9.17) is 0 Å². The molecule has 4 aromatic rings. The Morgan fingerprint density at radius 1 is 1.00 bits per heavy atom. The van der Waals surface area contributed by atoms with Gasteiger partial charge in [0.25, 0.3) is 0 Å². The molecule has 0 amide bonds. The van der Waals surface area contributed by atoms with Crippen molar-refractivity contribution >= 4 is 21.9 Å². The third-order valence-electron chi connectivity index (χ3n) is 4.55. The quantitative estimate of drug-likeness (QED) is 0.577. The zero-order valence-corrected chi connectivity index (χ0v) is 14.4. The lowest BCUT2D eigenvalue weighted by atomic mass is 10.1. The minimum absolute atomic E-state index is 0.911. The van der Waals surface area contributed by atoms with Gasteiger partial charge in [-0.1, -0.05) is 36.4 Å². The molecule has 0 unspecified atom stereocenters. The summed E-state index contributed by atoms with van der Waals surface area (Å²) in [6.07, 6.45) is 3.91. The lowest BCUT2D eigenvalue weighted by Crippen LogP contribution is -2.20. The van der Waals surface area contributed by atoms with Gasteiger partial charge in [0.1, 0.15) is 5.82 Å². The van der Waals surface area contributed by atoms with E-state index in [2.05, 4.69) is 63.3 Å². The second kappa shape index (κ2) is 7.03. The van der Waals surface area contributed by atoms with Crippen LogP contribution in [0.5, 0.6) is 0 Å². The summed E-state index contributed by atoms with van der Waals surface area (Å²) in [6.45, 7) is 1.94. The number of benzene rings is 2. The molecule has 0 bridgehead atoms. The number of pyridine rings is 1. The Morgan fingerprint density at radius 3 is 2.80 bits per heavy atom. The molecule has 0 atom stereocenters. The van der Waals surface area contributed by atoms with Crippen LogP contribution in [0, 0.1) is 0 Å². The van der Waals surface area contributed by atoms with Crippen LogP contribution in [-0.2, 0) is 13.0 Å². The van der Waals surface area contributed by atoms with E-state index < -0.39 is 0 Å². The molecule has 2 aromatic heterocycles. The Morgan fingerprint density at radius 2 is 1.88 bits per heavy atom. The summed E-state index contributed by atoms with van der Waals surface area (Å²) in [5, 5.41) is 1.20. The summed E-state index contributed by atoms with van der Waals surface area (Å²) >= 11 is 0. The van der Waals surface area contributed by atoms with Crippen LogP contribution in [0.2, 0.25) is 0 Å². The van der Waals surface area contributed by atoms with Crippen molar-refractivity contribution in [3.05, 3.63) is 72.2 Å². The number of aromatic amines is 1. The predicted octanol–water partition coefficient (Wildman–Crippen LogP) is 4.18. The van der Waals surface area contributed by atoms with E-state index in [9.17, 15) is 0 Å². The zero-order valence-electron chi connectivity index (χ0n) is 14.4. The van der Waals surface area contributed by atoms with E-state index in [0.717, 1.165) is 48.3 Å². The van der Waals surface area contributed by atoms with Crippen molar-refractivity contribution in [3.63, 3.8) is 0 Å². The molecule has 126 valence electrons. The van der Waals surface area contributed by atoms with Crippen LogP contribution in [0.4, 0.5) is 0 Å². The maximum absolute atomic E-state index is 4.65. The van der Waals surface area contributed by atoms with Crippen LogP contribution in [-0.4, -0.2) is 33.4 Å². The Bertz CT molecular complexity index is 951. The van der Waals surface area contributed by atoms with Crippen LogP contribution < -0.4 is 0 Å². The smallest absolute Gasteiger partial charge is 0.107 e. The van der Waals surface area contributed by atoms with Gasteiger partial charge < -0.3 is 9.88 Å². The van der Waals surface area contributed by atoms with Crippen molar-refractivity contribution in [1.82, 2.24) is 19.9 Å². The fourth-order valence-corrected chi connectivity index (χ4v) is 3.31. The van der Waals surface area contributed by atoms with Crippen molar-refractivity contribution in [1.29, 1.82) is 0 Å². The second-order valence-corrected chi connectivity index (χ2v) is 6.53. The highest BCUT2D eigenvalue weighted by atomic mass is 15.1. The van der Waals surface area contributed by atoms with Gasteiger partial charge in [0.2, 0.25) is 0 Å². The Balaban J connectivity index is 1.36. The average molecular weight is 330 g/mol. The highest BCUT2D eigenvalue weighted by Crippen LogP contribution is 2.17. The number of nitrogens with zero attached hydrogens (tertiary/aromatic N) is 3. The monoisotopic (exact) mass is 330 g/mol. The molecule has 25 heavy (non-hydrogen) atoms.